The Kier molecular flexibility index (Phi) is 6.40. The molecule has 0 bridgehead atoms. The maximum atomic E-state index is 14.1. The summed E-state index contributed by atoms with van der Waals surface area (Å²) in [5, 5.41) is 35.6. The van der Waals surface area contributed by atoms with Crippen molar-refractivity contribution in [1.29, 1.82) is 0 Å². The van der Waals surface area contributed by atoms with E-state index in [-0.39, 0.29) is 29.3 Å². The van der Waals surface area contributed by atoms with Gasteiger partial charge in [0.2, 0.25) is 0 Å². The Hall–Kier alpha value is -2.88. The van der Waals surface area contributed by atoms with Crippen molar-refractivity contribution in [3.63, 3.8) is 0 Å². The largest absolute Gasteiger partial charge is 0.508 e. The van der Waals surface area contributed by atoms with Gasteiger partial charge in [-0.05, 0) is 44.0 Å². The van der Waals surface area contributed by atoms with Crippen LogP contribution >= 0.6 is 11.6 Å². The van der Waals surface area contributed by atoms with Crippen molar-refractivity contribution in [2.45, 2.75) is 38.0 Å². The SMILES string of the molecule is CC(C)(Cc1ccc(Cl)cc1F)NCC(O)c1cc(O)cc2c1OC(C(=O)O)C(=O)N2. The van der Waals surface area contributed by atoms with Gasteiger partial charge in [0.15, 0.2) is 5.75 Å². The molecular formula is C21H22ClFN2O6. The number of carbonyl (C=O) groups excluding carboxylic acids is 1. The Morgan fingerprint density at radius 1 is 1.35 bits per heavy atom. The lowest BCUT2D eigenvalue weighted by atomic mass is 9.94. The number of phenols is 1. The van der Waals surface area contributed by atoms with E-state index in [9.17, 15) is 24.2 Å². The first kappa shape index (κ1) is 22.8. The highest BCUT2D eigenvalue weighted by atomic mass is 35.5. The van der Waals surface area contributed by atoms with E-state index in [1.165, 1.54) is 18.2 Å². The lowest BCUT2D eigenvalue weighted by molar-refractivity contribution is -0.149. The third-order valence-electron chi connectivity index (χ3n) is 4.84. The molecule has 166 valence electrons. The van der Waals surface area contributed by atoms with Crippen LogP contribution in [0.25, 0.3) is 0 Å². The van der Waals surface area contributed by atoms with Gasteiger partial charge in [-0.3, -0.25) is 4.79 Å². The molecule has 2 aromatic rings. The third-order valence-corrected chi connectivity index (χ3v) is 5.07. The fraction of sp³-hybridized carbons (Fsp3) is 0.333. The smallest absolute Gasteiger partial charge is 0.354 e. The molecule has 0 radical (unpaired) electrons. The zero-order chi connectivity index (χ0) is 22.9. The average molecular weight is 453 g/mol. The molecule has 2 atom stereocenters. The molecule has 1 amide bonds. The minimum absolute atomic E-state index is 0.0207. The van der Waals surface area contributed by atoms with Crippen LogP contribution in [0.5, 0.6) is 11.5 Å². The van der Waals surface area contributed by atoms with Crippen LogP contribution in [0.4, 0.5) is 10.1 Å². The minimum atomic E-state index is -1.78. The summed E-state index contributed by atoms with van der Waals surface area (Å²) in [6.45, 7) is 3.62. The van der Waals surface area contributed by atoms with Gasteiger partial charge in [-0.15, -0.1) is 0 Å². The van der Waals surface area contributed by atoms with Crippen molar-refractivity contribution in [3.05, 3.63) is 52.3 Å². The Bertz CT molecular complexity index is 1030. The van der Waals surface area contributed by atoms with Crippen molar-refractivity contribution in [2.24, 2.45) is 0 Å². The summed E-state index contributed by atoms with van der Waals surface area (Å²) in [6, 6.07) is 6.83. The third kappa shape index (κ3) is 5.25. The maximum Gasteiger partial charge on any atom is 0.354 e. The number of halogens is 2. The van der Waals surface area contributed by atoms with Gasteiger partial charge in [-0.2, -0.15) is 0 Å². The molecule has 0 spiro atoms. The average Bonchev–Trinajstić information content (AvgIpc) is 2.67. The number of phenolic OH excluding ortho intramolecular Hbond substituents is 1. The number of benzene rings is 2. The second kappa shape index (κ2) is 8.70. The van der Waals surface area contributed by atoms with Gasteiger partial charge in [-0.25, -0.2) is 9.18 Å². The maximum absolute atomic E-state index is 14.1. The number of aromatic hydroxyl groups is 1. The van der Waals surface area contributed by atoms with Crippen molar-refractivity contribution >= 4 is 29.2 Å². The number of aliphatic hydroxyl groups is 1. The van der Waals surface area contributed by atoms with Crippen LogP contribution in [0.3, 0.4) is 0 Å². The van der Waals surface area contributed by atoms with Gasteiger partial charge in [0.1, 0.15) is 11.6 Å². The number of anilines is 1. The predicted molar refractivity (Wildman–Crippen MR) is 111 cm³/mol. The summed E-state index contributed by atoms with van der Waals surface area (Å²) < 4.78 is 19.4. The van der Waals surface area contributed by atoms with E-state index in [4.69, 9.17) is 21.4 Å². The quantitative estimate of drug-likeness (QED) is 0.408. The lowest BCUT2D eigenvalue weighted by Gasteiger charge is -2.30. The Morgan fingerprint density at radius 2 is 2.06 bits per heavy atom. The Morgan fingerprint density at radius 3 is 2.71 bits per heavy atom. The fourth-order valence-electron chi connectivity index (χ4n) is 3.33. The van der Waals surface area contributed by atoms with E-state index >= 15 is 0 Å². The lowest BCUT2D eigenvalue weighted by Crippen LogP contribution is -2.44. The molecule has 2 unspecified atom stereocenters. The standard InChI is InChI=1S/C21H22ClFN2O6/c1-21(2,8-10-3-4-11(22)5-14(10)23)24-9-16(27)13-6-12(26)7-15-17(13)31-18(20(29)30)19(28)25-15/h3-7,16,18,24,26-27H,8-9H2,1-2H3,(H,25,28)(H,29,30). The molecule has 1 aliphatic heterocycles. The van der Waals surface area contributed by atoms with Crippen molar-refractivity contribution < 1.29 is 34.0 Å². The first-order valence-corrected chi connectivity index (χ1v) is 9.79. The van der Waals surface area contributed by atoms with Crippen LogP contribution in [0.15, 0.2) is 30.3 Å². The van der Waals surface area contributed by atoms with Crippen LogP contribution in [-0.2, 0) is 16.0 Å². The number of nitrogens with one attached hydrogen (secondary N) is 2. The second-order valence-electron chi connectivity index (χ2n) is 7.93. The number of aliphatic carboxylic acids is 1. The zero-order valence-electron chi connectivity index (χ0n) is 16.8. The number of hydrogen-bond donors (Lipinski definition) is 5. The van der Waals surface area contributed by atoms with Crippen LogP contribution < -0.4 is 15.4 Å². The number of aliphatic hydroxyl groups excluding tert-OH is 1. The van der Waals surface area contributed by atoms with Crippen molar-refractivity contribution in [3.8, 4) is 11.5 Å². The highest BCUT2D eigenvalue weighted by molar-refractivity contribution is 6.30. The fourth-order valence-corrected chi connectivity index (χ4v) is 3.48. The summed E-state index contributed by atoms with van der Waals surface area (Å²) in [4.78, 5) is 23.1. The molecule has 0 fully saturated rings. The number of amides is 1. The van der Waals surface area contributed by atoms with E-state index in [2.05, 4.69) is 10.6 Å². The first-order chi connectivity index (χ1) is 14.5. The number of ether oxygens (including phenoxy) is 1. The highest BCUT2D eigenvalue weighted by Crippen LogP contribution is 2.40. The number of rotatable bonds is 7. The van der Waals surface area contributed by atoms with Crippen LogP contribution in [0.1, 0.15) is 31.1 Å². The van der Waals surface area contributed by atoms with Crippen molar-refractivity contribution in [1.82, 2.24) is 5.32 Å². The summed E-state index contributed by atoms with van der Waals surface area (Å²) in [7, 11) is 0. The van der Waals surface area contributed by atoms with Crippen molar-refractivity contribution in [2.75, 3.05) is 11.9 Å². The van der Waals surface area contributed by atoms with Gasteiger partial charge in [-0.1, -0.05) is 17.7 Å². The number of carboxylic acids is 1. The highest BCUT2D eigenvalue weighted by Gasteiger charge is 2.36. The Labute approximate surface area is 182 Å². The van der Waals surface area contributed by atoms with Gasteiger partial charge in [0.25, 0.3) is 12.0 Å². The molecule has 2 aromatic carbocycles. The van der Waals surface area contributed by atoms with E-state index in [0.717, 1.165) is 0 Å². The van der Waals surface area contributed by atoms with Gasteiger partial charge in [0, 0.05) is 28.7 Å². The molecule has 0 saturated carbocycles. The monoisotopic (exact) mass is 452 g/mol. The number of β-amino-alcohol motifs (C(OH)–C–C–N with tert-alkyl or cyclic N) is 1. The predicted octanol–water partition coefficient (Wildman–Crippen LogP) is 2.61. The molecule has 10 heteroatoms. The van der Waals surface area contributed by atoms with E-state index in [1.54, 1.807) is 12.1 Å². The first-order valence-electron chi connectivity index (χ1n) is 9.41. The number of fused-ring (bicyclic) bond motifs is 1. The number of carboxylic acid groups (broad SMARTS) is 1. The van der Waals surface area contributed by atoms with Crippen LogP contribution in [0.2, 0.25) is 5.02 Å². The molecular weight excluding hydrogens is 431 g/mol. The topological polar surface area (TPSA) is 128 Å². The molecule has 3 rings (SSSR count). The second-order valence-corrected chi connectivity index (χ2v) is 8.37. The van der Waals surface area contributed by atoms with E-state index < -0.39 is 35.4 Å². The summed E-state index contributed by atoms with van der Waals surface area (Å²) in [5.74, 6) is -3.10. The minimum Gasteiger partial charge on any atom is -0.508 e. The molecule has 8 nitrogen and oxygen atoms in total. The van der Waals surface area contributed by atoms with Gasteiger partial charge < -0.3 is 30.7 Å². The molecule has 31 heavy (non-hydrogen) atoms. The zero-order valence-corrected chi connectivity index (χ0v) is 17.5. The molecule has 1 heterocycles. The Balaban J connectivity index is 1.77. The van der Waals surface area contributed by atoms with Crippen LogP contribution in [0, 0.1) is 5.82 Å². The molecule has 1 aliphatic rings. The van der Waals surface area contributed by atoms with E-state index in [1.807, 2.05) is 13.8 Å². The number of carbonyl (C=O) groups is 2. The molecule has 0 saturated heterocycles. The molecule has 0 aromatic heterocycles. The number of hydrogen-bond acceptors (Lipinski definition) is 6. The van der Waals surface area contributed by atoms with Gasteiger partial charge >= 0.3 is 5.97 Å². The van der Waals surface area contributed by atoms with Crippen LogP contribution in [-0.4, -0.2) is 45.4 Å². The normalized spacial score (nSPS) is 16.8. The van der Waals surface area contributed by atoms with Gasteiger partial charge in [0.05, 0.1) is 11.8 Å². The molecule has 5 N–H and O–H groups in total. The summed E-state index contributed by atoms with van der Waals surface area (Å²) in [6.07, 6.45) is -2.70. The summed E-state index contributed by atoms with van der Waals surface area (Å²) >= 11 is 5.78. The summed E-state index contributed by atoms with van der Waals surface area (Å²) in [5.41, 5.74) is -0.0340. The molecule has 0 aliphatic carbocycles. The van der Waals surface area contributed by atoms with E-state index in [0.29, 0.717) is 17.0 Å².